The summed E-state index contributed by atoms with van der Waals surface area (Å²) in [6.07, 6.45) is -0.763. The summed E-state index contributed by atoms with van der Waals surface area (Å²) < 4.78 is 38.5. The van der Waals surface area contributed by atoms with Crippen LogP contribution >= 0.6 is 11.6 Å². The average molecular weight is 367 g/mol. The van der Waals surface area contributed by atoms with E-state index in [-0.39, 0.29) is 12.2 Å². The summed E-state index contributed by atoms with van der Waals surface area (Å²) in [6.45, 7) is 0. The molecule has 128 valence electrons. The summed E-state index contributed by atoms with van der Waals surface area (Å²) >= 11 is 6.03. The summed E-state index contributed by atoms with van der Waals surface area (Å²) in [5.41, 5.74) is 2.41. The van der Waals surface area contributed by atoms with E-state index in [9.17, 15) is 13.2 Å². The highest BCUT2D eigenvalue weighted by Crippen LogP contribution is 2.27. The number of alkyl halides is 3. The minimum Gasteiger partial charge on any atom is -0.345 e. The molecule has 0 aliphatic rings. The smallest absolute Gasteiger partial charge is 0.345 e. The molecule has 0 spiro atoms. The minimum absolute atomic E-state index is 0.138. The summed E-state index contributed by atoms with van der Waals surface area (Å²) in [5, 5.41) is 5.46. The van der Waals surface area contributed by atoms with Gasteiger partial charge in [0.15, 0.2) is 10.8 Å². The van der Waals surface area contributed by atoms with Crippen molar-refractivity contribution in [2.75, 3.05) is 0 Å². The third-order valence-electron chi connectivity index (χ3n) is 3.71. The molecule has 0 saturated heterocycles. The molecular weight excluding hydrogens is 357 g/mol. The molecule has 0 saturated carbocycles. The van der Waals surface area contributed by atoms with Gasteiger partial charge in [0.25, 0.3) is 0 Å². The minimum atomic E-state index is -4.23. The van der Waals surface area contributed by atoms with Gasteiger partial charge in [0.1, 0.15) is 11.5 Å². The third-order valence-corrected chi connectivity index (χ3v) is 3.97. The van der Waals surface area contributed by atoms with E-state index < -0.39 is 12.6 Å². The van der Waals surface area contributed by atoms with Crippen LogP contribution in [0.5, 0.6) is 0 Å². The van der Waals surface area contributed by atoms with Gasteiger partial charge in [-0.25, -0.2) is 19.5 Å². The van der Waals surface area contributed by atoms with Gasteiger partial charge in [0, 0.05) is 29.8 Å². The normalized spacial score (nSPS) is 12.3. The lowest BCUT2D eigenvalue weighted by Crippen LogP contribution is -2.10. The van der Waals surface area contributed by atoms with Crippen molar-refractivity contribution in [1.82, 2.24) is 29.5 Å². The van der Waals surface area contributed by atoms with Gasteiger partial charge in [-0.05, 0) is 12.1 Å². The van der Waals surface area contributed by atoms with E-state index in [1.54, 1.807) is 18.3 Å². The first-order valence-corrected chi connectivity index (χ1v) is 7.69. The molecule has 0 radical (unpaired) electrons. The number of hydrogen-bond acceptors (Lipinski definition) is 4. The summed E-state index contributed by atoms with van der Waals surface area (Å²) in [7, 11) is 0. The molecule has 0 aliphatic carbocycles. The van der Waals surface area contributed by atoms with Crippen molar-refractivity contribution in [2.24, 2.45) is 0 Å². The van der Waals surface area contributed by atoms with Crippen molar-refractivity contribution in [3.05, 3.63) is 41.7 Å². The molecular formula is C15H10ClF3N6. The molecule has 4 aromatic rings. The lowest BCUT2D eigenvalue weighted by Gasteiger charge is -2.05. The van der Waals surface area contributed by atoms with Gasteiger partial charge in [-0.15, -0.1) is 0 Å². The number of halogens is 4. The fourth-order valence-electron chi connectivity index (χ4n) is 2.52. The van der Waals surface area contributed by atoms with Crippen LogP contribution in [0.1, 0.15) is 12.2 Å². The number of aromatic amines is 1. The topological polar surface area (TPSA) is 71.8 Å². The molecule has 1 N–H and O–H groups in total. The zero-order valence-corrected chi connectivity index (χ0v) is 13.3. The molecule has 25 heavy (non-hydrogen) atoms. The van der Waals surface area contributed by atoms with E-state index in [0.717, 1.165) is 5.56 Å². The first-order chi connectivity index (χ1) is 11.9. The zero-order chi connectivity index (χ0) is 17.6. The van der Waals surface area contributed by atoms with Gasteiger partial charge >= 0.3 is 6.18 Å². The number of fused-ring (bicyclic) bond motifs is 2. The quantitative estimate of drug-likeness (QED) is 0.598. The Hall–Kier alpha value is -2.68. The summed E-state index contributed by atoms with van der Waals surface area (Å²) in [6, 6.07) is 3.55. The fraction of sp³-hybridized carbons (Fsp3) is 0.200. The maximum Gasteiger partial charge on any atom is 0.389 e. The molecule has 0 aliphatic heterocycles. The van der Waals surface area contributed by atoms with Crippen LogP contribution in [0.4, 0.5) is 13.2 Å². The number of aromatic nitrogens is 6. The highest BCUT2D eigenvalue weighted by molar-refractivity contribution is 6.29. The van der Waals surface area contributed by atoms with Gasteiger partial charge in [-0.2, -0.15) is 18.3 Å². The molecule has 10 heteroatoms. The molecule has 4 rings (SSSR count). The SMILES string of the molecule is FC(F)(F)CCc1ncc2c(-c3ccc4ncc(Cl)n4n3)c[nH]c2n1. The van der Waals surface area contributed by atoms with E-state index in [1.165, 1.54) is 16.9 Å². The largest absolute Gasteiger partial charge is 0.389 e. The molecule has 0 atom stereocenters. The Morgan fingerprint density at radius 1 is 1.16 bits per heavy atom. The molecule has 0 unspecified atom stereocenters. The number of aryl methyl sites for hydroxylation is 1. The van der Waals surface area contributed by atoms with Crippen LogP contribution in [-0.4, -0.2) is 35.7 Å². The number of H-pyrrole nitrogens is 1. The molecule has 6 nitrogen and oxygen atoms in total. The Morgan fingerprint density at radius 3 is 2.80 bits per heavy atom. The number of nitrogens with zero attached hydrogens (tertiary/aromatic N) is 5. The third kappa shape index (κ3) is 3.02. The second kappa shape index (κ2) is 5.69. The number of rotatable bonds is 3. The Morgan fingerprint density at radius 2 is 2.00 bits per heavy atom. The first kappa shape index (κ1) is 15.8. The van der Waals surface area contributed by atoms with E-state index in [4.69, 9.17) is 11.6 Å². The molecule has 4 heterocycles. The Kier molecular flexibility index (Phi) is 3.60. The van der Waals surface area contributed by atoms with Crippen molar-refractivity contribution in [1.29, 1.82) is 0 Å². The molecule has 0 amide bonds. The van der Waals surface area contributed by atoms with Crippen LogP contribution in [0.25, 0.3) is 27.9 Å². The predicted octanol–water partition coefficient (Wildman–Crippen LogP) is 3.82. The summed E-state index contributed by atoms with van der Waals surface area (Å²) in [4.78, 5) is 15.2. The Balaban J connectivity index is 1.71. The molecule has 4 aromatic heterocycles. The van der Waals surface area contributed by atoms with Gasteiger partial charge in [0.05, 0.1) is 18.3 Å². The molecule has 0 bridgehead atoms. The van der Waals surface area contributed by atoms with Crippen LogP contribution in [0, 0.1) is 0 Å². The van der Waals surface area contributed by atoms with Crippen LogP contribution < -0.4 is 0 Å². The van der Waals surface area contributed by atoms with E-state index in [2.05, 4.69) is 25.0 Å². The average Bonchev–Trinajstić information content (AvgIpc) is 3.15. The first-order valence-electron chi connectivity index (χ1n) is 7.31. The van der Waals surface area contributed by atoms with Gasteiger partial charge in [-0.1, -0.05) is 11.6 Å². The predicted molar refractivity (Wildman–Crippen MR) is 85.3 cm³/mol. The van der Waals surface area contributed by atoms with Gasteiger partial charge in [0.2, 0.25) is 0 Å². The fourth-order valence-corrected chi connectivity index (χ4v) is 2.69. The van der Waals surface area contributed by atoms with Crippen molar-refractivity contribution >= 4 is 28.3 Å². The highest BCUT2D eigenvalue weighted by atomic mass is 35.5. The second-order valence-electron chi connectivity index (χ2n) is 5.44. The van der Waals surface area contributed by atoms with Crippen LogP contribution in [0.15, 0.2) is 30.7 Å². The van der Waals surface area contributed by atoms with Crippen molar-refractivity contribution in [3.63, 3.8) is 0 Å². The van der Waals surface area contributed by atoms with Gasteiger partial charge in [-0.3, -0.25) is 0 Å². The number of imidazole rings is 1. The zero-order valence-electron chi connectivity index (χ0n) is 12.5. The molecule has 0 aromatic carbocycles. The number of nitrogens with one attached hydrogen (secondary N) is 1. The maximum absolute atomic E-state index is 12.3. The number of hydrogen-bond donors (Lipinski definition) is 1. The standard InChI is InChI=1S/C15H10ClF3N6/c16-11-7-21-13-2-1-10(24-25(11)13)8-5-22-14-9(8)6-20-12(23-14)3-4-15(17,18)19/h1-2,5-7H,3-4H2,(H,20,22,23). The van der Waals surface area contributed by atoms with Gasteiger partial charge < -0.3 is 4.98 Å². The van der Waals surface area contributed by atoms with Crippen LogP contribution in [0.3, 0.4) is 0 Å². The van der Waals surface area contributed by atoms with Crippen molar-refractivity contribution in [2.45, 2.75) is 19.0 Å². The lowest BCUT2D eigenvalue weighted by molar-refractivity contribution is -0.134. The monoisotopic (exact) mass is 366 g/mol. The summed E-state index contributed by atoms with van der Waals surface area (Å²) in [5.74, 6) is 0.138. The van der Waals surface area contributed by atoms with E-state index in [1.807, 2.05) is 0 Å². The van der Waals surface area contributed by atoms with Crippen molar-refractivity contribution < 1.29 is 13.2 Å². The lowest BCUT2D eigenvalue weighted by atomic mass is 10.2. The molecule has 0 fully saturated rings. The van der Waals surface area contributed by atoms with Crippen molar-refractivity contribution in [3.8, 4) is 11.3 Å². The Labute approximate surface area is 143 Å². The Bertz CT molecular complexity index is 1070. The highest BCUT2D eigenvalue weighted by Gasteiger charge is 2.27. The van der Waals surface area contributed by atoms with E-state index in [0.29, 0.717) is 27.5 Å². The van der Waals surface area contributed by atoms with E-state index >= 15 is 0 Å². The van der Waals surface area contributed by atoms with Crippen LogP contribution in [0.2, 0.25) is 5.15 Å². The van der Waals surface area contributed by atoms with Crippen LogP contribution in [-0.2, 0) is 6.42 Å². The maximum atomic E-state index is 12.3. The second-order valence-corrected chi connectivity index (χ2v) is 5.82.